The Bertz CT molecular complexity index is 265. The van der Waals surface area contributed by atoms with E-state index in [9.17, 15) is 9.59 Å². The zero-order valence-corrected chi connectivity index (χ0v) is 8.83. The van der Waals surface area contributed by atoms with Crippen molar-refractivity contribution in [1.29, 1.82) is 0 Å². The van der Waals surface area contributed by atoms with Crippen LogP contribution in [0.1, 0.15) is 33.6 Å². The normalized spacial score (nSPS) is 27.4. The summed E-state index contributed by atoms with van der Waals surface area (Å²) < 4.78 is 0. The van der Waals surface area contributed by atoms with Crippen molar-refractivity contribution in [2.24, 2.45) is 11.8 Å². The van der Waals surface area contributed by atoms with E-state index in [1.165, 1.54) is 0 Å². The molecule has 0 aliphatic carbocycles. The molecule has 0 spiro atoms. The van der Waals surface area contributed by atoms with Gasteiger partial charge >= 0.3 is 6.03 Å². The van der Waals surface area contributed by atoms with Gasteiger partial charge in [0.1, 0.15) is 5.54 Å². The zero-order chi connectivity index (χ0) is 10.9. The van der Waals surface area contributed by atoms with Crippen LogP contribution in [0.2, 0.25) is 0 Å². The van der Waals surface area contributed by atoms with Crippen molar-refractivity contribution in [1.82, 2.24) is 10.3 Å². The van der Waals surface area contributed by atoms with Gasteiger partial charge in [0.25, 0.3) is 5.91 Å². The van der Waals surface area contributed by atoms with Gasteiger partial charge in [0.05, 0.1) is 0 Å². The highest BCUT2D eigenvalue weighted by molar-refractivity contribution is 6.06. The van der Waals surface area contributed by atoms with E-state index in [0.29, 0.717) is 11.4 Å². The molecule has 1 unspecified atom stereocenters. The first-order valence-electron chi connectivity index (χ1n) is 4.87. The van der Waals surface area contributed by atoms with E-state index in [4.69, 9.17) is 5.84 Å². The molecule has 3 amide bonds. The fourth-order valence-corrected chi connectivity index (χ4v) is 1.86. The van der Waals surface area contributed by atoms with Gasteiger partial charge in [-0.15, -0.1) is 0 Å². The number of rotatable bonds is 3. The van der Waals surface area contributed by atoms with E-state index < -0.39 is 11.6 Å². The first-order valence-corrected chi connectivity index (χ1v) is 4.87. The summed E-state index contributed by atoms with van der Waals surface area (Å²) in [5, 5.41) is 3.36. The molecule has 5 heteroatoms. The Balaban J connectivity index is 3.00. The minimum absolute atomic E-state index is 0.0486. The van der Waals surface area contributed by atoms with Crippen molar-refractivity contribution >= 4 is 11.9 Å². The van der Waals surface area contributed by atoms with Gasteiger partial charge in [-0.2, -0.15) is 5.01 Å². The molecule has 3 N–H and O–H groups in total. The van der Waals surface area contributed by atoms with Gasteiger partial charge < -0.3 is 5.32 Å². The largest absolute Gasteiger partial charge is 0.339 e. The summed E-state index contributed by atoms with van der Waals surface area (Å²) in [7, 11) is 0. The number of imide groups is 1. The summed E-state index contributed by atoms with van der Waals surface area (Å²) in [4.78, 5) is 23.0. The summed E-state index contributed by atoms with van der Waals surface area (Å²) in [6, 6.07) is -0.503. The van der Waals surface area contributed by atoms with E-state index in [0.717, 1.165) is 6.42 Å². The summed E-state index contributed by atoms with van der Waals surface area (Å²) in [5.74, 6) is 5.07. The van der Waals surface area contributed by atoms with Gasteiger partial charge in [-0.05, 0) is 12.3 Å². The molecule has 1 aliphatic heterocycles. The minimum Gasteiger partial charge on any atom is -0.322 e. The summed E-state index contributed by atoms with van der Waals surface area (Å²) in [6.07, 6.45) is 1.46. The Labute approximate surface area is 83.6 Å². The second kappa shape index (κ2) is 3.57. The maximum absolute atomic E-state index is 11.8. The monoisotopic (exact) mass is 199 g/mol. The van der Waals surface area contributed by atoms with Crippen LogP contribution in [0.25, 0.3) is 0 Å². The van der Waals surface area contributed by atoms with E-state index in [2.05, 4.69) is 5.32 Å². The van der Waals surface area contributed by atoms with Crippen LogP contribution in [0, 0.1) is 5.92 Å². The third-order valence-corrected chi connectivity index (χ3v) is 2.78. The van der Waals surface area contributed by atoms with Crippen LogP contribution in [0.3, 0.4) is 0 Å². The average Bonchev–Trinajstić information content (AvgIpc) is 2.32. The second-order valence-corrected chi connectivity index (χ2v) is 3.98. The minimum atomic E-state index is -0.791. The Kier molecular flexibility index (Phi) is 2.80. The molecule has 0 aromatic carbocycles. The second-order valence-electron chi connectivity index (χ2n) is 3.98. The highest BCUT2D eigenvalue weighted by Gasteiger charge is 2.51. The molecular formula is C9H17N3O2. The summed E-state index contributed by atoms with van der Waals surface area (Å²) in [5.41, 5.74) is -0.791. The van der Waals surface area contributed by atoms with Gasteiger partial charge in [-0.3, -0.25) is 4.79 Å². The fraction of sp³-hybridized carbons (Fsp3) is 0.778. The molecule has 1 atom stereocenters. The summed E-state index contributed by atoms with van der Waals surface area (Å²) >= 11 is 0. The molecule has 1 rings (SSSR count). The molecular weight excluding hydrogens is 182 g/mol. The molecule has 0 aromatic rings. The van der Waals surface area contributed by atoms with Crippen molar-refractivity contribution in [3.63, 3.8) is 0 Å². The highest BCUT2D eigenvalue weighted by Crippen LogP contribution is 2.28. The van der Waals surface area contributed by atoms with E-state index in [1.807, 2.05) is 20.8 Å². The number of hydrogen-bond donors (Lipinski definition) is 2. The number of amides is 3. The number of nitrogens with one attached hydrogen (secondary N) is 1. The van der Waals surface area contributed by atoms with Crippen LogP contribution in [-0.4, -0.2) is 22.5 Å². The number of nitrogens with zero attached hydrogens (tertiary/aromatic N) is 1. The van der Waals surface area contributed by atoms with Crippen molar-refractivity contribution < 1.29 is 9.59 Å². The lowest BCUT2D eigenvalue weighted by Crippen LogP contribution is -2.51. The zero-order valence-electron chi connectivity index (χ0n) is 8.83. The molecule has 80 valence electrons. The molecule has 5 nitrogen and oxygen atoms in total. The number of hydrazine groups is 1. The van der Waals surface area contributed by atoms with Crippen molar-refractivity contribution in [3.8, 4) is 0 Å². The van der Waals surface area contributed by atoms with Gasteiger partial charge in [0, 0.05) is 0 Å². The lowest BCUT2D eigenvalue weighted by atomic mass is 9.82. The van der Waals surface area contributed by atoms with E-state index >= 15 is 0 Å². The van der Waals surface area contributed by atoms with Crippen LogP contribution in [0.4, 0.5) is 4.79 Å². The van der Waals surface area contributed by atoms with Crippen LogP contribution in [0.5, 0.6) is 0 Å². The summed E-state index contributed by atoms with van der Waals surface area (Å²) in [6.45, 7) is 5.79. The number of urea groups is 1. The molecule has 0 saturated carbocycles. The number of carbonyl (C=O) groups excluding carboxylic acids is 2. The molecule has 1 saturated heterocycles. The Morgan fingerprint density at radius 1 is 1.50 bits per heavy atom. The highest BCUT2D eigenvalue weighted by atomic mass is 16.2. The van der Waals surface area contributed by atoms with Crippen molar-refractivity contribution in [2.75, 3.05) is 0 Å². The fourth-order valence-electron chi connectivity index (χ4n) is 1.86. The predicted octanol–water partition coefficient (Wildman–Crippen LogP) is 0.607. The quantitative estimate of drug-likeness (QED) is 0.397. The number of hydrogen-bond acceptors (Lipinski definition) is 3. The van der Waals surface area contributed by atoms with E-state index in [-0.39, 0.29) is 11.8 Å². The van der Waals surface area contributed by atoms with Crippen LogP contribution >= 0.6 is 0 Å². The number of nitrogens with two attached hydrogens (primary N) is 1. The smallest absolute Gasteiger partial charge is 0.322 e. The third-order valence-electron chi connectivity index (χ3n) is 2.78. The van der Waals surface area contributed by atoms with Crippen molar-refractivity contribution in [3.05, 3.63) is 0 Å². The first kappa shape index (κ1) is 11.0. The molecule has 14 heavy (non-hydrogen) atoms. The Morgan fingerprint density at radius 3 is 2.36 bits per heavy atom. The SMILES string of the molecule is CCCC1(C(C)C)NC(=O)N(N)C1=O. The van der Waals surface area contributed by atoms with Crippen LogP contribution < -0.4 is 11.2 Å². The van der Waals surface area contributed by atoms with Gasteiger partial charge in [0.15, 0.2) is 0 Å². The standard InChI is InChI=1S/C9H17N3O2/c1-4-5-9(6(2)3)7(13)12(10)8(14)11-9/h6H,4-5,10H2,1-3H3,(H,11,14). The van der Waals surface area contributed by atoms with Crippen molar-refractivity contribution in [2.45, 2.75) is 39.2 Å². The Hall–Kier alpha value is -1.10. The number of carbonyl (C=O) groups is 2. The molecule has 0 aromatic heterocycles. The molecule has 0 radical (unpaired) electrons. The lowest BCUT2D eigenvalue weighted by molar-refractivity contribution is -0.133. The Morgan fingerprint density at radius 2 is 2.07 bits per heavy atom. The van der Waals surface area contributed by atoms with Gasteiger partial charge in [-0.25, -0.2) is 10.6 Å². The van der Waals surface area contributed by atoms with E-state index in [1.54, 1.807) is 0 Å². The molecule has 1 heterocycles. The predicted molar refractivity (Wildman–Crippen MR) is 52.0 cm³/mol. The maximum atomic E-state index is 11.8. The first-order chi connectivity index (χ1) is 6.45. The molecule has 1 aliphatic rings. The van der Waals surface area contributed by atoms with Gasteiger partial charge in [-0.1, -0.05) is 27.2 Å². The maximum Gasteiger partial charge on any atom is 0.339 e. The molecule has 1 fully saturated rings. The van der Waals surface area contributed by atoms with Gasteiger partial charge in [0.2, 0.25) is 0 Å². The average molecular weight is 199 g/mol. The van der Waals surface area contributed by atoms with Crippen LogP contribution in [-0.2, 0) is 4.79 Å². The lowest BCUT2D eigenvalue weighted by Gasteiger charge is -2.29. The molecule has 0 bridgehead atoms. The van der Waals surface area contributed by atoms with Crippen LogP contribution in [0.15, 0.2) is 0 Å². The third kappa shape index (κ3) is 1.37. The topological polar surface area (TPSA) is 75.4 Å².